The lowest BCUT2D eigenvalue weighted by molar-refractivity contribution is 0.368. The van der Waals surface area contributed by atoms with Crippen molar-refractivity contribution in [1.29, 1.82) is 0 Å². The second kappa shape index (κ2) is 7.68. The molecule has 1 saturated carbocycles. The van der Waals surface area contributed by atoms with Crippen molar-refractivity contribution in [3.8, 4) is 0 Å². The predicted molar refractivity (Wildman–Crippen MR) is 83.4 cm³/mol. The first-order valence-electron chi connectivity index (χ1n) is 7.07. The quantitative estimate of drug-likeness (QED) is 0.816. The van der Waals surface area contributed by atoms with Crippen molar-refractivity contribution in [2.75, 3.05) is 6.54 Å². The van der Waals surface area contributed by atoms with E-state index in [1.165, 1.54) is 0 Å². The Morgan fingerprint density at radius 3 is 2.09 bits per heavy atom. The Morgan fingerprint density at radius 2 is 1.59 bits per heavy atom. The Balaban J connectivity index is 0.00000242. The zero-order chi connectivity index (χ0) is 15.5. The van der Waals surface area contributed by atoms with Crippen LogP contribution in [0.1, 0.15) is 38.5 Å². The van der Waals surface area contributed by atoms with Crippen molar-refractivity contribution in [2.45, 2.75) is 49.0 Å². The summed E-state index contributed by atoms with van der Waals surface area (Å²) in [4.78, 5) is -0.942. The zero-order valence-electron chi connectivity index (χ0n) is 12.1. The lowest BCUT2D eigenvalue weighted by atomic mass is 9.92. The summed E-state index contributed by atoms with van der Waals surface area (Å²) < 4.78 is 53.6. The van der Waals surface area contributed by atoms with Gasteiger partial charge in [-0.05, 0) is 25.0 Å². The molecular formula is C14H21ClF2N2O2S. The molecule has 2 rings (SSSR count). The van der Waals surface area contributed by atoms with Gasteiger partial charge in [0.1, 0.15) is 11.6 Å². The number of nitrogens with one attached hydrogen (secondary N) is 1. The summed E-state index contributed by atoms with van der Waals surface area (Å²) in [7, 11) is -4.25. The van der Waals surface area contributed by atoms with Gasteiger partial charge < -0.3 is 5.73 Å². The third-order valence-corrected chi connectivity index (χ3v) is 5.35. The van der Waals surface area contributed by atoms with Gasteiger partial charge in [0.05, 0.1) is 0 Å². The van der Waals surface area contributed by atoms with Crippen molar-refractivity contribution in [2.24, 2.45) is 5.73 Å². The highest BCUT2D eigenvalue weighted by molar-refractivity contribution is 7.89. The molecular weight excluding hydrogens is 334 g/mol. The van der Waals surface area contributed by atoms with Gasteiger partial charge in [0.15, 0.2) is 4.90 Å². The summed E-state index contributed by atoms with van der Waals surface area (Å²) in [6.07, 6.45) is 5.43. The topological polar surface area (TPSA) is 72.2 Å². The van der Waals surface area contributed by atoms with Gasteiger partial charge in [0, 0.05) is 12.1 Å². The van der Waals surface area contributed by atoms with Crippen LogP contribution in [0.2, 0.25) is 0 Å². The van der Waals surface area contributed by atoms with Gasteiger partial charge in [-0.1, -0.05) is 31.7 Å². The average Bonchev–Trinajstić information content (AvgIpc) is 2.62. The van der Waals surface area contributed by atoms with E-state index in [-0.39, 0.29) is 19.0 Å². The molecule has 1 fully saturated rings. The molecule has 0 aromatic heterocycles. The van der Waals surface area contributed by atoms with E-state index in [4.69, 9.17) is 5.73 Å². The van der Waals surface area contributed by atoms with Crippen LogP contribution in [0.25, 0.3) is 0 Å². The number of benzene rings is 1. The Hall–Kier alpha value is -0.760. The van der Waals surface area contributed by atoms with E-state index in [9.17, 15) is 17.2 Å². The molecule has 1 aliphatic carbocycles. The Labute approximate surface area is 135 Å². The maximum absolute atomic E-state index is 13.6. The summed E-state index contributed by atoms with van der Waals surface area (Å²) in [5.41, 5.74) is 5.56. The third-order valence-electron chi connectivity index (χ3n) is 3.90. The SMILES string of the molecule is Cl.NC1(CNS(=O)(=O)c2c(F)cccc2F)CCCCCC1. The van der Waals surface area contributed by atoms with Gasteiger partial charge in [0.2, 0.25) is 10.0 Å². The molecule has 1 aliphatic rings. The van der Waals surface area contributed by atoms with Gasteiger partial charge in [-0.15, -0.1) is 12.4 Å². The minimum Gasteiger partial charge on any atom is -0.324 e. The molecule has 1 aromatic carbocycles. The second-order valence-corrected chi connectivity index (χ2v) is 7.36. The average molecular weight is 355 g/mol. The fraction of sp³-hybridized carbons (Fsp3) is 0.571. The maximum atomic E-state index is 13.6. The molecule has 0 amide bonds. The smallest absolute Gasteiger partial charge is 0.246 e. The molecule has 8 heteroatoms. The van der Waals surface area contributed by atoms with Crippen molar-refractivity contribution < 1.29 is 17.2 Å². The fourth-order valence-corrected chi connectivity index (χ4v) is 3.93. The van der Waals surface area contributed by atoms with Crippen LogP contribution in [0.4, 0.5) is 8.78 Å². The molecule has 0 atom stereocenters. The van der Waals surface area contributed by atoms with Crippen LogP contribution in [0.15, 0.2) is 23.1 Å². The number of hydrogen-bond donors (Lipinski definition) is 2. The highest BCUT2D eigenvalue weighted by Crippen LogP contribution is 2.25. The molecule has 0 spiro atoms. The molecule has 126 valence electrons. The number of halogens is 3. The molecule has 22 heavy (non-hydrogen) atoms. The minimum atomic E-state index is -4.25. The molecule has 3 N–H and O–H groups in total. The van der Waals surface area contributed by atoms with Crippen molar-refractivity contribution in [3.05, 3.63) is 29.8 Å². The van der Waals surface area contributed by atoms with Crippen LogP contribution >= 0.6 is 12.4 Å². The maximum Gasteiger partial charge on any atom is 0.246 e. The summed E-state index contributed by atoms with van der Waals surface area (Å²) in [6, 6.07) is 2.96. The molecule has 0 radical (unpaired) electrons. The second-order valence-electron chi connectivity index (χ2n) is 5.65. The number of sulfonamides is 1. The highest BCUT2D eigenvalue weighted by atomic mass is 35.5. The Morgan fingerprint density at radius 1 is 1.09 bits per heavy atom. The highest BCUT2D eigenvalue weighted by Gasteiger charge is 2.30. The number of nitrogens with two attached hydrogens (primary N) is 1. The van der Waals surface area contributed by atoms with E-state index in [1.54, 1.807) is 0 Å². The molecule has 0 heterocycles. The van der Waals surface area contributed by atoms with Crippen LogP contribution in [-0.2, 0) is 10.0 Å². The van der Waals surface area contributed by atoms with E-state index < -0.39 is 32.1 Å². The summed E-state index contributed by atoms with van der Waals surface area (Å²) in [6.45, 7) is -0.0108. The van der Waals surface area contributed by atoms with E-state index in [2.05, 4.69) is 4.72 Å². The van der Waals surface area contributed by atoms with Crippen LogP contribution in [0.5, 0.6) is 0 Å². The lowest BCUT2D eigenvalue weighted by Gasteiger charge is -2.28. The van der Waals surface area contributed by atoms with Gasteiger partial charge >= 0.3 is 0 Å². The minimum absolute atomic E-state index is 0. The number of hydrogen-bond acceptors (Lipinski definition) is 3. The third kappa shape index (κ3) is 4.62. The first-order valence-corrected chi connectivity index (χ1v) is 8.55. The molecule has 1 aromatic rings. The van der Waals surface area contributed by atoms with Crippen LogP contribution in [-0.4, -0.2) is 20.5 Å². The lowest BCUT2D eigenvalue weighted by Crippen LogP contribution is -2.49. The summed E-state index contributed by atoms with van der Waals surface area (Å²) in [5.74, 6) is -2.20. The van der Waals surface area contributed by atoms with Gasteiger partial charge in [0.25, 0.3) is 0 Å². The largest absolute Gasteiger partial charge is 0.324 e. The predicted octanol–water partition coefficient (Wildman–Crippen LogP) is 2.72. The summed E-state index contributed by atoms with van der Waals surface area (Å²) >= 11 is 0. The molecule has 0 aliphatic heterocycles. The van der Waals surface area contributed by atoms with Crippen molar-refractivity contribution >= 4 is 22.4 Å². The summed E-state index contributed by atoms with van der Waals surface area (Å²) in [5, 5.41) is 0. The van der Waals surface area contributed by atoms with Gasteiger partial charge in [-0.25, -0.2) is 21.9 Å². The van der Waals surface area contributed by atoms with E-state index in [0.717, 1.165) is 43.9 Å². The molecule has 0 saturated heterocycles. The molecule has 4 nitrogen and oxygen atoms in total. The fourth-order valence-electron chi connectivity index (χ4n) is 2.66. The number of rotatable bonds is 4. The Kier molecular flexibility index (Phi) is 6.73. The van der Waals surface area contributed by atoms with E-state index in [1.807, 2.05) is 0 Å². The van der Waals surface area contributed by atoms with E-state index in [0.29, 0.717) is 12.8 Å². The van der Waals surface area contributed by atoms with E-state index >= 15 is 0 Å². The van der Waals surface area contributed by atoms with Crippen molar-refractivity contribution in [1.82, 2.24) is 4.72 Å². The standard InChI is InChI=1S/C14H20F2N2O2S.ClH/c15-11-6-5-7-12(16)13(11)21(19,20)18-10-14(17)8-3-1-2-4-9-14;/h5-7,18H,1-4,8-10,17H2;1H. The first-order chi connectivity index (χ1) is 9.84. The van der Waals surface area contributed by atoms with Crippen LogP contribution < -0.4 is 10.5 Å². The monoisotopic (exact) mass is 354 g/mol. The molecule has 0 unspecified atom stereocenters. The first kappa shape index (κ1) is 19.3. The molecule has 0 bridgehead atoms. The van der Waals surface area contributed by atoms with Crippen LogP contribution in [0, 0.1) is 11.6 Å². The van der Waals surface area contributed by atoms with Crippen molar-refractivity contribution in [3.63, 3.8) is 0 Å². The zero-order valence-corrected chi connectivity index (χ0v) is 13.8. The normalized spacial score (nSPS) is 18.3. The van der Waals surface area contributed by atoms with Crippen LogP contribution in [0.3, 0.4) is 0 Å². The Bertz CT molecular complexity index is 583. The van der Waals surface area contributed by atoms with Gasteiger partial charge in [-0.2, -0.15) is 0 Å². The van der Waals surface area contributed by atoms with Gasteiger partial charge in [-0.3, -0.25) is 0 Å².